The van der Waals surface area contributed by atoms with Gasteiger partial charge in [0.25, 0.3) is 0 Å². The van der Waals surface area contributed by atoms with Gasteiger partial charge in [-0.15, -0.1) is 11.8 Å². The quantitative estimate of drug-likeness (QED) is 0.605. The van der Waals surface area contributed by atoms with E-state index in [0.717, 1.165) is 16.5 Å². The van der Waals surface area contributed by atoms with Crippen molar-refractivity contribution in [3.63, 3.8) is 0 Å². The molecule has 2 rings (SSSR count). The van der Waals surface area contributed by atoms with Gasteiger partial charge >= 0.3 is 0 Å². The highest BCUT2D eigenvalue weighted by molar-refractivity contribution is 7.99. The number of hydrogen-bond acceptors (Lipinski definition) is 3. The minimum Gasteiger partial charge on any atom is -0.493 e. The van der Waals surface area contributed by atoms with Crippen LogP contribution in [0.4, 0.5) is 0 Å². The van der Waals surface area contributed by atoms with Crippen molar-refractivity contribution in [2.75, 3.05) is 12.4 Å². The molecule has 2 aromatic rings. The van der Waals surface area contributed by atoms with Crippen molar-refractivity contribution in [1.29, 1.82) is 5.26 Å². The van der Waals surface area contributed by atoms with Crippen LogP contribution in [0.1, 0.15) is 5.56 Å². The zero-order valence-corrected chi connectivity index (χ0v) is 11.7. The van der Waals surface area contributed by atoms with Crippen LogP contribution in [-0.2, 0) is 0 Å². The molecule has 0 aliphatic rings. The van der Waals surface area contributed by atoms with Crippen LogP contribution in [0.3, 0.4) is 0 Å². The molecule has 0 fully saturated rings. The van der Waals surface area contributed by atoms with E-state index < -0.39 is 0 Å². The van der Waals surface area contributed by atoms with Crippen LogP contribution in [0.25, 0.3) is 0 Å². The van der Waals surface area contributed by atoms with Gasteiger partial charge in [0.05, 0.1) is 18.2 Å². The van der Waals surface area contributed by atoms with Gasteiger partial charge in [-0.25, -0.2) is 0 Å². The summed E-state index contributed by atoms with van der Waals surface area (Å²) in [5, 5.41) is 9.53. The molecule has 96 valence electrons. The predicted molar refractivity (Wildman–Crippen MR) is 78.8 cm³/mol. The molecule has 2 aromatic carbocycles. The van der Waals surface area contributed by atoms with Gasteiger partial charge in [0.15, 0.2) is 0 Å². The van der Waals surface area contributed by atoms with E-state index in [1.165, 1.54) is 4.90 Å². The zero-order valence-electron chi connectivity index (χ0n) is 10.2. The molecule has 0 amide bonds. The van der Waals surface area contributed by atoms with Crippen molar-refractivity contribution in [2.45, 2.75) is 4.90 Å². The van der Waals surface area contributed by atoms with Crippen LogP contribution in [0.15, 0.2) is 53.4 Å². The van der Waals surface area contributed by atoms with E-state index in [0.29, 0.717) is 12.2 Å². The standard InChI is InChI=1S/C15H12ClNOS/c16-13-4-6-15(7-5-13)19-9-8-18-14-3-1-2-12(10-14)11-17/h1-7,10H,8-9H2. The summed E-state index contributed by atoms with van der Waals surface area (Å²) in [4.78, 5) is 1.17. The molecule has 0 saturated heterocycles. The Morgan fingerprint density at radius 3 is 2.68 bits per heavy atom. The highest BCUT2D eigenvalue weighted by Crippen LogP contribution is 2.20. The normalized spacial score (nSPS) is 9.89. The average Bonchev–Trinajstić information content (AvgIpc) is 2.46. The predicted octanol–water partition coefficient (Wildman–Crippen LogP) is 4.38. The molecule has 0 aliphatic carbocycles. The molecule has 0 unspecified atom stereocenters. The largest absolute Gasteiger partial charge is 0.493 e. The lowest BCUT2D eigenvalue weighted by Gasteiger charge is -2.06. The fourth-order valence-corrected chi connectivity index (χ4v) is 2.36. The Morgan fingerprint density at radius 2 is 1.95 bits per heavy atom. The second-order valence-electron chi connectivity index (χ2n) is 3.79. The Labute approximate surface area is 122 Å². The lowest BCUT2D eigenvalue weighted by Crippen LogP contribution is -2.00. The maximum absolute atomic E-state index is 8.78. The third-order valence-corrected chi connectivity index (χ3v) is 3.63. The van der Waals surface area contributed by atoms with Crippen molar-refractivity contribution in [2.24, 2.45) is 0 Å². The number of nitrogens with zero attached hydrogens (tertiary/aromatic N) is 1. The van der Waals surface area contributed by atoms with Gasteiger partial charge in [-0.3, -0.25) is 0 Å². The first-order chi connectivity index (χ1) is 9.28. The molecule has 0 saturated carbocycles. The molecular weight excluding hydrogens is 278 g/mol. The van der Waals surface area contributed by atoms with Gasteiger partial charge in [0.1, 0.15) is 5.75 Å². The number of thioether (sulfide) groups is 1. The summed E-state index contributed by atoms with van der Waals surface area (Å²) in [6, 6.07) is 17.0. The van der Waals surface area contributed by atoms with Crippen LogP contribution >= 0.6 is 23.4 Å². The van der Waals surface area contributed by atoms with Crippen molar-refractivity contribution >= 4 is 23.4 Å². The molecule has 2 nitrogen and oxygen atoms in total. The molecule has 4 heteroatoms. The minimum absolute atomic E-state index is 0.599. The highest BCUT2D eigenvalue weighted by Gasteiger charge is 1.98. The summed E-state index contributed by atoms with van der Waals surface area (Å²) in [5.41, 5.74) is 0.614. The highest BCUT2D eigenvalue weighted by atomic mass is 35.5. The summed E-state index contributed by atoms with van der Waals surface area (Å²) < 4.78 is 5.60. The van der Waals surface area contributed by atoms with Crippen LogP contribution in [0.5, 0.6) is 5.75 Å². The van der Waals surface area contributed by atoms with Gasteiger partial charge in [-0.05, 0) is 42.5 Å². The zero-order chi connectivity index (χ0) is 13.5. The van der Waals surface area contributed by atoms with Gasteiger partial charge in [-0.2, -0.15) is 5.26 Å². The molecule has 0 atom stereocenters. The maximum atomic E-state index is 8.78. The van der Waals surface area contributed by atoms with E-state index in [2.05, 4.69) is 6.07 Å². The number of hydrogen-bond donors (Lipinski definition) is 0. The fourth-order valence-electron chi connectivity index (χ4n) is 1.51. The van der Waals surface area contributed by atoms with Crippen LogP contribution < -0.4 is 4.74 Å². The summed E-state index contributed by atoms with van der Waals surface area (Å²) >= 11 is 7.53. The van der Waals surface area contributed by atoms with Crippen LogP contribution in [0, 0.1) is 11.3 Å². The van der Waals surface area contributed by atoms with E-state index in [-0.39, 0.29) is 0 Å². The Hall–Kier alpha value is -1.63. The number of nitriles is 1. The van der Waals surface area contributed by atoms with Gasteiger partial charge in [0.2, 0.25) is 0 Å². The summed E-state index contributed by atoms with van der Waals surface area (Å²) in [5.74, 6) is 1.58. The topological polar surface area (TPSA) is 33.0 Å². The molecule has 0 aromatic heterocycles. The number of benzene rings is 2. The van der Waals surface area contributed by atoms with E-state index in [1.54, 1.807) is 23.9 Å². The van der Waals surface area contributed by atoms with Crippen molar-refractivity contribution < 1.29 is 4.74 Å². The van der Waals surface area contributed by atoms with Crippen molar-refractivity contribution in [3.05, 3.63) is 59.1 Å². The maximum Gasteiger partial charge on any atom is 0.120 e. The molecule has 19 heavy (non-hydrogen) atoms. The molecular formula is C15H12ClNOS. The van der Waals surface area contributed by atoms with E-state index in [1.807, 2.05) is 36.4 Å². The monoisotopic (exact) mass is 289 g/mol. The third-order valence-electron chi connectivity index (χ3n) is 2.40. The lowest BCUT2D eigenvalue weighted by atomic mass is 10.2. The molecule has 0 bridgehead atoms. The first-order valence-electron chi connectivity index (χ1n) is 5.79. The second kappa shape index (κ2) is 7.08. The first kappa shape index (κ1) is 13.8. The fraction of sp³-hybridized carbons (Fsp3) is 0.133. The van der Waals surface area contributed by atoms with Crippen LogP contribution in [-0.4, -0.2) is 12.4 Å². The van der Waals surface area contributed by atoms with E-state index in [4.69, 9.17) is 21.6 Å². The minimum atomic E-state index is 0.599. The number of ether oxygens (including phenoxy) is 1. The third kappa shape index (κ3) is 4.51. The first-order valence-corrected chi connectivity index (χ1v) is 7.15. The van der Waals surface area contributed by atoms with Crippen molar-refractivity contribution in [3.8, 4) is 11.8 Å². The number of rotatable bonds is 5. The summed E-state index contributed by atoms with van der Waals surface area (Å²) in [6.07, 6.45) is 0. The van der Waals surface area contributed by atoms with Crippen molar-refractivity contribution in [1.82, 2.24) is 0 Å². The molecule has 0 N–H and O–H groups in total. The number of halogens is 1. The average molecular weight is 290 g/mol. The molecule has 0 spiro atoms. The molecule has 0 heterocycles. The van der Waals surface area contributed by atoms with E-state index in [9.17, 15) is 0 Å². The van der Waals surface area contributed by atoms with Crippen LogP contribution in [0.2, 0.25) is 5.02 Å². The molecule has 0 aliphatic heterocycles. The Balaban J connectivity index is 1.77. The lowest BCUT2D eigenvalue weighted by molar-refractivity contribution is 0.344. The Morgan fingerprint density at radius 1 is 1.16 bits per heavy atom. The van der Waals surface area contributed by atoms with Gasteiger partial charge < -0.3 is 4.74 Å². The summed E-state index contributed by atoms with van der Waals surface area (Å²) in [7, 11) is 0. The van der Waals surface area contributed by atoms with Gasteiger partial charge in [0, 0.05) is 15.7 Å². The Bertz CT molecular complexity index is 577. The SMILES string of the molecule is N#Cc1cccc(OCCSc2ccc(Cl)cc2)c1. The second-order valence-corrected chi connectivity index (χ2v) is 5.40. The molecule has 0 radical (unpaired) electrons. The Kier molecular flexibility index (Phi) is 5.14. The van der Waals surface area contributed by atoms with E-state index >= 15 is 0 Å². The summed E-state index contributed by atoms with van der Waals surface area (Å²) in [6.45, 7) is 0.599. The van der Waals surface area contributed by atoms with Gasteiger partial charge in [-0.1, -0.05) is 17.7 Å². The smallest absolute Gasteiger partial charge is 0.120 e.